The van der Waals surface area contributed by atoms with Crippen LogP contribution in [-0.4, -0.2) is 35.2 Å². The van der Waals surface area contributed by atoms with Crippen molar-refractivity contribution < 1.29 is 5.11 Å². The maximum Gasteiger partial charge on any atom is 0.0705 e. The van der Waals surface area contributed by atoms with Crippen molar-refractivity contribution in [1.29, 1.82) is 0 Å². The SMILES string of the molecule is CN(CCO)Cc1ccc2ccccc2n1. The molecule has 0 spiro atoms. The fraction of sp³-hybridized carbons (Fsp3) is 0.308. The number of benzene rings is 1. The second-order valence-corrected chi connectivity index (χ2v) is 3.96. The van der Waals surface area contributed by atoms with Gasteiger partial charge in [-0.25, -0.2) is 0 Å². The van der Waals surface area contributed by atoms with Gasteiger partial charge < -0.3 is 5.11 Å². The van der Waals surface area contributed by atoms with Crippen LogP contribution in [-0.2, 0) is 6.54 Å². The van der Waals surface area contributed by atoms with Crippen LogP contribution in [0.3, 0.4) is 0 Å². The third-order valence-electron chi connectivity index (χ3n) is 2.57. The summed E-state index contributed by atoms with van der Waals surface area (Å²) in [7, 11) is 1.98. The molecule has 16 heavy (non-hydrogen) atoms. The number of hydrogen-bond acceptors (Lipinski definition) is 3. The van der Waals surface area contributed by atoms with Gasteiger partial charge in [0.2, 0.25) is 0 Å². The van der Waals surface area contributed by atoms with Crippen LogP contribution in [0.5, 0.6) is 0 Å². The topological polar surface area (TPSA) is 36.4 Å². The fourth-order valence-electron chi connectivity index (χ4n) is 1.72. The Morgan fingerprint density at radius 3 is 2.81 bits per heavy atom. The Balaban J connectivity index is 2.19. The van der Waals surface area contributed by atoms with Gasteiger partial charge in [0.25, 0.3) is 0 Å². The Hall–Kier alpha value is -1.45. The van der Waals surface area contributed by atoms with E-state index < -0.39 is 0 Å². The summed E-state index contributed by atoms with van der Waals surface area (Å²) in [5.41, 5.74) is 2.06. The molecule has 0 fully saturated rings. The summed E-state index contributed by atoms with van der Waals surface area (Å²) < 4.78 is 0. The second-order valence-electron chi connectivity index (χ2n) is 3.96. The van der Waals surface area contributed by atoms with Gasteiger partial charge in [-0.2, -0.15) is 0 Å². The van der Waals surface area contributed by atoms with Crippen molar-refractivity contribution in [2.45, 2.75) is 6.54 Å². The first kappa shape index (κ1) is 11.0. The van der Waals surface area contributed by atoms with Crippen LogP contribution in [0.4, 0.5) is 0 Å². The normalized spacial score (nSPS) is 11.2. The van der Waals surface area contributed by atoms with E-state index in [-0.39, 0.29) is 6.61 Å². The zero-order valence-corrected chi connectivity index (χ0v) is 9.43. The Bertz CT molecular complexity index is 470. The van der Waals surface area contributed by atoms with Gasteiger partial charge in [-0.1, -0.05) is 24.3 Å². The molecule has 2 rings (SSSR count). The molecule has 0 aliphatic rings. The van der Waals surface area contributed by atoms with Crippen molar-refractivity contribution in [3.8, 4) is 0 Å². The largest absolute Gasteiger partial charge is 0.395 e. The standard InChI is InChI=1S/C13H16N2O/c1-15(8-9-16)10-12-7-6-11-4-2-3-5-13(11)14-12/h2-7,16H,8-10H2,1H3. The van der Waals surface area contributed by atoms with Crippen molar-refractivity contribution in [2.75, 3.05) is 20.2 Å². The van der Waals surface area contributed by atoms with E-state index >= 15 is 0 Å². The molecule has 0 atom stereocenters. The number of hydrogen-bond donors (Lipinski definition) is 1. The lowest BCUT2D eigenvalue weighted by molar-refractivity contribution is 0.216. The van der Waals surface area contributed by atoms with Gasteiger partial charge in [-0.3, -0.25) is 9.88 Å². The fourth-order valence-corrected chi connectivity index (χ4v) is 1.72. The molecule has 0 aliphatic carbocycles. The lowest BCUT2D eigenvalue weighted by atomic mass is 10.2. The highest BCUT2D eigenvalue weighted by molar-refractivity contribution is 5.78. The van der Waals surface area contributed by atoms with Crippen LogP contribution in [0.1, 0.15) is 5.69 Å². The summed E-state index contributed by atoms with van der Waals surface area (Å²) in [5.74, 6) is 0. The minimum atomic E-state index is 0.185. The van der Waals surface area contributed by atoms with Crippen LogP contribution in [0.15, 0.2) is 36.4 Å². The van der Waals surface area contributed by atoms with E-state index in [4.69, 9.17) is 5.11 Å². The van der Waals surface area contributed by atoms with Crippen molar-refractivity contribution in [2.24, 2.45) is 0 Å². The number of aromatic nitrogens is 1. The lowest BCUT2D eigenvalue weighted by Gasteiger charge is -2.14. The van der Waals surface area contributed by atoms with Crippen molar-refractivity contribution in [1.82, 2.24) is 9.88 Å². The molecule has 0 saturated carbocycles. The van der Waals surface area contributed by atoms with Crippen LogP contribution in [0, 0.1) is 0 Å². The molecular formula is C13H16N2O. The summed E-state index contributed by atoms with van der Waals surface area (Å²) in [5, 5.41) is 9.99. The van der Waals surface area contributed by atoms with Gasteiger partial charge in [0.05, 0.1) is 17.8 Å². The summed E-state index contributed by atoms with van der Waals surface area (Å²) in [6.07, 6.45) is 0. The molecule has 0 bridgehead atoms. The molecule has 84 valence electrons. The molecule has 0 amide bonds. The van der Waals surface area contributed by atoms with Crippen LogP contribution in [0.2, 0.25) is 0 Å². The Labute approximate surface area is 95.3 Å². The van der Waals surface area contributed by atoms with Gasteiger partial charge >= 0.3 is 0 Å². The quantitative estimate of drug-likeness (QED) is 0.844. The number of fused-ring (bicyclic) bond motifs is 1. The number of rotatable bonds is 4. The number of aliphatic hydroxyl groups is 1. The Morgan fingerprint density at radius 1 is 1.19 bits per heavy atom. The van der Waals surface area contributed by atoms with E-state index in [0.29, 0.717) is 6.54 Å². The molecule has 1 aromatic carbocycles. The van der Waals surface area contributed by atoms with E-state index in [1.165, 1.54) is 0 Å². The minimum Gasteiger partial charge on any atom is -0.395 e. The third kappa shape index (κ3) is 2.56. The Morgan fingerprint density at radius 2 is 2.00 bits per heavy atom. The molecule has 1 heterocycles. The molecule has 0 unspecified atom stereocenters. The maximum absolute atomic E-state index is 8.82. The van der Waals surface area contributed by atoms with E-state index in [2.05, 4.69) is 22.0 Å². The average Bonchev–Trinajstić information content (AvgIpc) is 2.29. The smallest absolute Gasteiger partial charge is 0.0705 e. The van der Waals surface area contributed by atoms with Gasteiger partial charge in [0, 0.05) is 18.5 Å². The number of aliphatic hydroxyl groups excluding tert-OH is 1. The van der Waals surface area contributed by atoms with E-state index in [9.17, 15) is 0 Å². The van der Waals surface area contributed by atoms with E-state index in [1.807, 2.05) is 31.3 Å². The van der Waals surface area contributed by atoms with Crippen molar-refractivity contribution in [3.63, 3.8) is 0 Å². The zero-order valence-electron chi connectivity index (χ0n) is 9.43. The van der Waals surface area contributed by atoms with Crippen LogP contribution < -0.4 is 0 Å². The number of likely N-dealkylation sites (N-methyl/N-ethyl adjacent to an activating group) is 1. The molecule has 0 aliphatic heterocycles. The first-order valence-electron chi connectivity index (χ1n) is 5.43. The van der Waals surface area contributed by atoms with Crippen molar-refractivity contribution >= 4 is 10.9 Å². The first-order valence-corrected chi connectivity index (χ1v) is 5.43. The van der Waals surface area contributed by atoms with Gasteiger partial charge in [0.1, 0.15) is 0 Å². The second kappa shape index (κ2) is 5.05. The molecule has 2 aromatic rings. The van der Waals surface area contributed by atoms with Gasteiger partial charge in [0.15, 0.2) is 0 Å². The highest BCUT2D eigenvalue weighted by Gasteiger charge is 2.01. The zero-order chi connectivity index (χ0) is 11.4. The summed E-state index contributed by atoms with van der Waals surface area (Å²) in [6, 6.07) is 12.2. The first-order chi connectivity index (χ1) is 7.79. The third-order valence-corrected chi connectivity index (χ3v) is 2.57. The Kier molecular flexibility index (Phi) is 3.49. The molecule has 3 nitrogen and oxygen atoms in total. The molecule has 0 saturated heterocycles. The highest BCUT2D eigenvalue weighted by Crippen LogP contribution is 2.12. The number of pyridine rings is 1. The number of para-hydroxylation sites is 1. The highest BCUT2D eigenvalue weighted by atomic mass is 16.3. The lowest BCUT2D eigenvalue weighted by Crippen LogP contribution is -2.21. The predicted molar refractivity (Wildman–Crippen MR) is 65.2 cm³/mol. The average molecular weight is 216 g/mol. The van der Waals surface area contributed by atoms with E-state index in [0.717, 1.165) is 23.1 Å². The molecular weight excluding hydrogens is 200 g/mol. The predicted octanol–water partition coefficient (Wildman–Crippen LogP) is 1.66. The van der Waals surface area contributed by atoms with E-state index in [1.54, 1.807) is 0 Å². The summed E-state index contributed by atoms with van der Waals surface area (Å²) >= 11 is 0. The summed E-state index contributed by atoms with van der Waals surface area (Å²) in [6.45, 7) is 1.63. The maximum atomic E-state index is 8.82. The van der Waals surface area contributed by atoms with Gasteiger partial charge in [-0.15, -0.1) is 0 Å². The molecule has 1 N–H and O–H groups in total. The minimum absolute atomic E-state index is 0.185. The van der Waals surface area contributed by atoms with Gasteiger partial charge in [-0.05, 0) is 19.2 Å². The van der Waals surface area contributed by atoms with Crippen molar-refractivity contribution in [3.05, 3.63) is 42.1 Å². The van der Waals surface area contributed by atoms with Crippen LogP contribution in [0.25, 0.3) is 10.9 Å². The molecule has 3 heteroatoms. The molecule has 1 aromatic heterocycles. The number of nitrogens with zero attached hydrogens (tertiary/aromatic N) is 2. The summed E-state index contributed by atoms with van der Waals surface area (Å²) in [4.78, 5) is 6.63. The monoisotopic (exact) mass is 216 g/mol. The van der Waals surface area contributed by atoms with Crippen LogP contribution >= 0.6 is 0 Å². The molecule has 0 radical (unpaired) electrons.